The van der Waals surface area contributed by atoms with Crippen molar-refractivity contribution in [2.75, 3.05) is 26.2 Å². The summed E-state index contributed by atoms with van der Waals surface area (Å²) in [7, 11) is 0. The van der Waals surface area contributed by atoms with Gasteiger partial charge in [0.25, 0.3) is 0 Å². The summed E-state index contributed by atoms with van der Waals surface area (Å²) in [6.07, 6.45) is 5.27. The maximum absolute atomic E-state index is 14.1. The van der Waals surface area contributed by atoms with Crippen LogP contribution in [0.3, 0.4) is 0 Å². The normalized spacial score (nSPS) is 17.2. The Balaban J connectivity index is 1.26. The molecule has 7 nitrogen and oxygen atoms in total. The van der Waals surface area contributed by atoms with Crippen molar-refractivity contribution in [1.82, 2.24) is 20.9 Å². The Morgan fingerprint density at radius 3 is 1.82 bits per heavy atom. The second kappa shape index (κ2) is 14.0. The SMILES string of the molecule is O=C(NC(Cc1ccc2ccccc2c1)C(=O)NC(Cc1ccc2ccccc2c1)C(=O)N1CCCCC1)C1CCNCC1. The van der Waals surface area contributed by atoms with Crippen molar-refractivity contribution >= 4 is 39.3 Å². The van der Waals surface area contributed by atoms with Gasteiger partial charge in [0.15, 0.2) is 0 Å². The van der Waals surface area contributed by atoms with Crippen molar-refractivity contribution < 1.29 is 14.4 Å². The number of rotatable bonds is 9. The second-order valence-corrected chi connectivity index (χ2v) is 12.3. The van der Waals surface area contributed by atoms with Gasteiger partial charge in [0.05, 0.1) is 0 Å². The van der Waals surface area contributed by atoms with E-state index in [1.165, 1.54) is 0 Å². The minimum atomic E-state index is -0.799. The number of carbonyl (C=O) groups excluding carboxylic acids is 3. The smallest absolute Gasteiger partial charge is 0.245 e. The summed E-state index contributed by atoms with van der Waals surface area (Å²) in [6, 6.07) is 27.1. The van der Waals surface area contributed by atoms with Crippen molar-refractivity contribution in [2.24, 2.45) is 5.92 Å². The number of hydrogen-bond acceptors (Lipinski definition) is 4. The Bertz CT molecular complexity index is 1620. The summed E-state index contributed by atoms with van der Waals surface area (Å²) < 4.78 is 0. The number of carbonyl (C=O) groups is 3. The van der Waals surface area contributed by atoms with Crippen LogP contribution in [0.15, 0.2) is 84.9 Å². The van der Waals surface area contributed by atoms with Crippen LogP contribution >= 0.6 is 0 Å². The summed E-state index contributed by atoms with van der Waals surface area (Å²) in [4.78, 5) is 43.3. The zero-order valence-electron chi connectivity index (χ0n) is 25.3. The van der Waals surface area contributed by atoms with Gasteiger partial charge >= 0.3 is 0 Å². The van der Waals surface area contributed by atoms with E-state index in [2.05, 4.69) is 64.5 Å². The quantitative estimate of drug-likeness (QED) is 0.262. The zero-order chi connectivity index (χ0) is 30.3. The molecule has 0 bridgehead atoms. The van der Waals surface area contributed by atoms with Gasteiger partial charge in [-0.05, 0) is 77.9 Å². The van der Waals surface area contributed by atoms with E-state index in [9.17, 15) is 14.4 Å². The van der Waals surface area contributed by atoms with Crippen LogP contribution in [0.5, 0.6) is 0 Å². The molecule has 2 unspecified atom stereocenters. The average Bonchev–Trinajstić information content (AvgIpc) is 3.08. The third-order valence-electron chi connectivity index (χ3n) is 9.13. The Kier molecular flexibility index (Phi) is 9.51. The molecule has 2 heterocycles. The van der Waals surface area contributed by atoms with Gasteiger partial charge in [-0.1, -0.05) is 84.9 Å². The van der Waals surface area contributed by atoms with E-state index in [0.29, 0.717) is 25.9 Å². The lowest BCUT2D eigenvalue weighted by Gasteiger charge is -2.32. The molecule has 0 spiro atoms. The molecule has 44 heavy (non-hydrogen) atoms. The molecule has 0 aromatic heterocycles. The molecule has 2 atom stereocenters. The van der Waals surface area contributed by atoms with Crippen LogP contribution in [0.1, 0.15) is 43.2 Å². The molecule has 6 rings (SSSR count). The highest BCUT2D eigenvalue weighted by Crippen LogP contribution is 2.20. The number of hydrogen-bond donors (Lipinski definition) is 3. The molecule has 2 aliphatic heterocycles. The second-order valence-electron chi connectivity index (χ2n) is 12.3. The van der Waals surface area contributed by atoms with Gasteiger partial charge in [0, 0.05) is 31.8 Å². The summed E-state index contributed by atoms with van der Waals surface area (Å²) >= 11 is 0. The first-order chi connectivity index (χ1) is 21.5. The third-order valence-corrected chi connectivity index (χ3v) is 9.13. The van der Waals surface area contributed by atoms with Crippen LogP contribution < -0.4 is 16.0 Å². The van der Waals surface area contributed by atoms with Gasteiger partial charge < -0.3 is 20.9 Å². The fourth-order valence-corrected chi connectivity index (χ4v) is 6.59. The lowest BCUT2D eigenvalue weighted by atomic mass is 9.95. The molecular weight excluding hydrogens is 548 g/mol. The van der Waals surface area contributed by atoms with Gasteiger partial charge in [-0.15, -0.1) is 0 Å². The first-order valence-corrected chi connectivity index (χ1v) is 16.1. The Hall–Kier alpha value is -4.23. The fourth-order valence-electron chi connectivity index (χ4n) is 6.59. The highest BCUT2D eigenvalue weighted by Gasteiger charge is 2.32. The predicted molar refractivity (Wildman–Crippen MR) is 175 cm³/mol. The molecule has 0 saturated carbocycles. The van der Waals surface area contributed by atoms with Crippen LogP contribution in [0.2, 0.25) is 0 Å². The third kappa shape index (κ3) is 7.28. The van der Waals surface area contributed by atoms with Crippen LogP contribution in [0.4, 0.5) is 0 Å². The Morgan fingerprint density at radius 2 is 1.23 bits per heavy atom. The molecule has 7 heteroatoms. The minimum Gasteiger partial charge on any atom is -0.344 e. The average molecular weight is 591 g/mol. The van der Waals surface area contributed by atoms with Crippen LogP contribution in [0, 0.1) is 5.92 Å². The van der Waals surface area contributed by atoms with E-state index in [4.69, 9.17) is 0 Å². The molecule has 0 radical (unpaired) electrons. The number of nitrogens with one attached hydrogen (secondary N) is 3. The van der Waals surface area contributed by atoms with Crippen molar-refractivity contribution in [3.63, 3.8) is 0 Å². The van der Waals surface area contributed by atoms with E-state index >= 15 is 0 Å². The van der Waals surface area contributed by atoms with Gasteiger partial charge in [0.1, 0.15) is 12.1 Å². The zero-order valence-corrected chi connectivity index (χ0v) is 25.3. The van der Waals surface area contributed by atoms with Crippen molar-refractivity contribution in [1.29, 1.82) is 0 Å². The molecule has 3 N–H and O–H groups in total. The maximum atomic E-state index is 14.1. The van der Waals surface area contributed by atoms with E-state index in [0.717, 1.165) is 77.9 Å². The van der Waals surface area contributed by atoms with Gasteiger partial charge in [-0.3, -0.25) is 14.4 Å². The van der Waals surface area contributed by atoms with E-state index in [1.807, 2.05) is 41.3 Å². The van der Waals surface area contributed by atoms with Crippen LogP contribution in [0.25, 0.3) is 21.5 Å². The van der Waals surface area contributed by atoms with Crippen LogP contribution in [-0.2, 0) is 27.2 Å². The highest BCUT2D eigenvalue weighted by molar-refractivity contribution is 5.93. The van der Waals surface area contributed by atoms with Crippen molar-refractivity contribution in [3.8, 4) is 0 Å². The molecule has 3 amide bonds. The lowest BCUT2D eigenvalue weighted by Crippen LogP contribution is -2.57. The summed E-state index contributed by atoms with van der Waals surface area (Å²) in [5.41, 5.74) is 1.95. The Labute approximate surface area is 259 Å². The maximum Gasteiger partial charge on any atom is 0.245 e. The van der Waals surface area contributed by atoms with Gasteiger partial charge in [-0.2, -0.15) is 0 Å². The number of amides is 3. The monoisotopic (exact) mass is 590 g/mol. The topological polar surface area (TPSA) is 90.5 Å². The largest absolute Gasteiger partial charge is 0.344 e. The molecule has 2 fully saturated rings. The lowest BCUT2D eigenvalue weighted by molar-refractivity contribution is -0.138. The van der Waals surface area contributed by atoms with Gasteiger partial charge in [-0.25, -0.2) is 0 Å². The molecule has 2 saturated heterocycles. The number of likely N-dealkylation sites (tertiary alicyclic amines) is 1. The fraction of sp³-hybridized carbons (Fsp3) is 0.378. The van der Waals surface area contributed by atoms with Crippen LogP contribution in [-0.4, -0.2) is 60.9 Å². The van der Waals surface area contributed by atoms with E-state index in [1.54, 1.807) is 0 Å². The first-order valence-electron chi connectivity index (χ1n) is 16.1. The molecule has 228 valence electrons. The number of piperidine rings is 2. The first kappa shape index (κ1) is 29.8. The minimum absolute atomic E-state index is 0.0552. The molecule has 2 aliphatic rings. The number of fused-ring (bicyclic) bond motifs is 2. The molecule has 4 aromatic rings. The predicted octanol–water partition coefficient (Wildman–Crippen LogP) is 4.76. The van der Waals surface area contributed by atoms with Crippen molar-refractivity contribution in [3.05, 3.63) is 96.1 Å². The number of benzene rings is 4. The van der Waals surface area contributed by atoms with Crippen molar-refractivity contribution in [2.45, 2.75) is 57.0 Å². The molecular formula is C37H42N4O3. The molecule has 4 aromatic carbocycles. The van der Waals surface area contributed by atoms with E-state index < -0.39 is 12.1 Å². The standard InChI is InChI=1S/C37H42N4O3/c42-35(30-16-18-38-19-17-30)39-33(24-26-12-14-28-8-2-4-10-31(28)22-26)36(43)40-34(37(44)41-20-6-1-7-21-41)25-27-13-15-29-9-3-5-11-32(29)23-27/h2-5,8-15,22-23,30,33-34,38H,1,6-7,16-21,24-25H2,(H,39,42)(H,40,43). The van der Waals surface area contributed by atoms with Gasteiger partial charge in [0.2, 0.25) is 17.7 Å². The highest BCUT2D eigenvalue weighted by atomic mass is 16.2. The summed E-state index contributed by atoms with van der Waals surface area (Å²) in [5, 5.41) is 14.0. The van der Waals surface area contributed by atoms with E-state index in [-0.39, 0.29) is 23.6 Å². The summed E-state index contributed by atoms with van der Waals surface area (Å²) in [5.74, 6) is -0.607. The molecule has 0 aliphatic carbocycles. The summed E-state index contributed by atoms with van der Waals surface area (Å²) in [6.45, 7) is 2.99. The number of nitrogens with zero attached hydrogens (tertiary/aromatic N) is 1. The Morgan fingerprint density at radius 1 is 0.682 bits per heavy atom.